The van der Waals surface area contributed by atoms with Crippen molar-refractivity contribution in [2.75, 3.05) is 11.1 Å². The number of nitriles is 1. The molecule has 5 rings (SSSR count). The highest BCUT2D eigenvalue weighted by Gasteiger charge is 2.32. The lowest BCUT2D eigenvalue weighted by atomic mass is 10.1. The molecule has 0 saturated heterocycles. The molecule has 154 valence electrons. The number of imidazole rings is 1. The van der Waals surface area contributed by atoms with Crippen LogP contribution in [0.15, 0.2) is 42.9 Å². The Morgan fingerprint density at radius 1 is 1.23 bits per heavy atom. The third kappa shape index (κ3) is 3.22. The van der Waals surface area contributed by atoms with Crippen molar-refractivity contribution < 1.29 is 4.39 Å². The van der Waals surface area contributed by atoms with Crippen LogP contribution in [0.1, 0.15) is 43.2 Å². The zero-order valence-electron chi connectivity index (χ0n) is 16.7. The lowest BCUT2D eigenvalue weighted by molar-refractivity contribution is 0.628. The Morgan fingerprint density at radius 3 is 2.77 bits per heavy atom. The number of pyridine rings is 1. The number of nitrogen functional groups attached to an aromatic ring is 1. The fraction of sp³-hybridized carbons (Fsp3) is 0.227. The molecule has 1 atom stereocenters. The predicted octanol–water partition coefficient (Wildman–Crippen LogP) is 3.99. The second-order valence-corrected chi connectivity index (χ2v) is 7.54. The van der Waals surface area contributed by atoms with Gasteiger partial charge in [-0.05, 0) is 44.0 Å². The van der Waals surface area contributed by atoms with Crippen molar-refractivity contribution in [3.05, 3.63) is 60.1 Å². The van der Waals surface area contributed by atoms with Gasteiger partial charge in [0.15, 0.2) is 0 Å². The van der Waals surface area contributed by atoms with Crippen molar-refractivity contribution in [1.29, 1.82) is 5.26 Å². The van der Waals surface area contributed by atoms with Gasteiger partial charge in [-0.3, -0.25) is 4.98 Å². The first kappa shape index (κ1) is 18.9. The summed E-state index contributed by atoms with van der Waals surface area (Å²) < 4.78 is 17.1. The average molecular weight is 414 g/mol. The average Bonchev–Trinajstić information content (AvgIpc) is 3.54. The first-order valence-corrected chi connectivity index (χ1v) is 9.97. The highest BCUT2D eigenvalue weighted by atomic mass is 19.1. The molecule has 9 heteroatoms. The van der Waals surface area contributed by atoms with Crippen LogP contribution < -0.4 is 11.1 Å². The van der Waals surface area contributed by atoms with E-state index >= 15 is 4.39 Å². The summed E-state index contributed by atoms with van der Waals surface area (Å²) in [5.74, 6) is 0.854. The molecule has 3 N–H and O–H groups in total. The Kier molecular flexibility index (Phi) is 4.47. The lowest BCUT2D eigenvalue weighted by Crippen LogP contribution is -2.16. The minimum Gasteiger partial charge on any atom is -0.382 e. The molecule has 1 fully saturated rings. The van der Waals surface area contributed by atoms with Gasteiger partial charge in [-0.15, -0.1) is 0 Å². The van der Waals surface area contributed by atoms with Crippen molar-refractivity contribution in [3.8, 4) is 17.3 Å². The van der Waals surface area contributed by atoms with Crippen molar-refractivity contribution in [2.24, 2.45) is 0 Å². The Hall–Kier alpha value is -4.06. The fourth-order valence-electron chi connectivity index (χ4n) is 3.83. The Bertz CT molecular complexity index is 1320. The van der Waals surface area contributed by atoms with E-state index < -0.39 is 0 Å². The van der Waals surface area contributed by atoms with E-state index in [1.165, 1.54) is 12.4 Å². The van der Waals surface area contributed by atoms with Crippen LogP contribution in [0, 0.1) is 17.1 Å². The van der Waals surface area contributed by atoms with Gasteiger partial charge in [0.05, 0.1) is 28.3 Å². The number of fused-ring (bicyclic) bond motifs is 1. The van der Waals surface area contributed by atoms with E-state index in [2.05, 4.69) is 24.8 Å². The van der Waals surface area contributed by atoms with Gasteiger partial charge < -0.3 is 15.6 Å². The molecule has 8 nitrogen and oxygen atoms in total. The standard InChI is InChI=1S/C22H19FN8/c1-12(29-21-14(10-24)20(25)27-11-28-21)22-30-17-8-7-15(23)18(16-4-2-3-9-26-16)19(17)31(22)13-5-6-13/h2-4,7-9,11-13H,5-6H2,1H3,(H3,25,27,28,29)/t12-/m0/s1. The molecule has 0 aliphatic heterocycles. The van der Waals surface area contributed by atoms with Gasteiger partial charge in [0.1, 0.15) is 41.2 Å². The molecule has 1 aliphatic rings. The summed E-state index contributed by atoms with van der Waals surface area (Å²) in [5, 5.41) is 12.7. The second-order valence-electron chi connectivity index (χ2n) is 7.54. The summed E-state index contributed by atoms with van der Waals surface area (Å²) >= 11 is 0. The first-order valence-electron chi connectivity index (χ1n) is 9.97. The van der Waals surface area contributed by atoms with Crippen LogP contribution in [0.5, 0.6) is 0 Å². The maximum atomic E-state index is 15.0. The number of rotatable bonds is 5. The minimum absolute atomic E-state index is 0.113. The van der Waals surface area contributed by atoms with Gasteiger partial charge in [0.2, 0.25) is 0 Å². The molecule has 0 unspecified atom stereocenters. The van der Waals surface area contributed by atoms with E-state index in [0.717, 1.165) is 24.2 Å². The molecular weight excluding hydrogens is 395 g/mol. The minimum atomic E-state index is -0.337. The second kappa shape index (κ2) is 7.32. The van der Waals surface area contributed by atoms with Crippen molar-refractivity contribution in [3.63, 3.8) is 0 Å². The molecule has 4 aromatic rings. The van der Waals surface area contributed by atoms with Crippen molar-refractivity contribution in [2.45, 2.75) is 31.8 Å². The van der Waals surface area contributed by atoms with E-state index in [-0.39, 0.29) is 29.3 Å². The lowest BCUT2D eigenvalue weighted by Gasteiger charge is -2.18. The number of aromatic nitrogens is 5. The van der Waals surface area contributed by atoms with Gasteiger partial charge in [-0.1, -0.05) is 6.07 Å². The van der Waals surface area contributed by atoms with Gasteiger partial charge in [-0.25, -0.2) is 19.3 Å². The Balaban J connectivity index is 1.66. The summed E-state index contributed by atoms with van der Waals surface area (Å²) in [5.41, 5.74) is 8.43. The SMILES string of the molecule is C[C@H](Nc1ncnc(N)c1C#N)c1nc2ccc(F)c(-c3ccccn3)c2n1C1CC1. The first-order chi connectivity index (χ1) is 15.1. The maximum Gasteiger partial charge on any atom is 0.150 e. The molecule has 0 bridgehead atoms. The number of hydrogen-bond acceptors (Lipinski definition) is 7. The number of nitrogens with zero attached hydrogens (tertiary/aromatic N) is 6. The maximum absolute atomic E-state index is 15.0. The van der Waals surface area contributed by atoms with Crippen LogP contribution >= 0.6 is 0 Å². The summed E-state index contributed by atoms with van der Waals surface area (Å²) in [7, 11) is 0. The molecule has 3 aromatic heterocycles. The summed E-state index contributed by atoms with van der Waals surface area (Å²) in [4.78, 5) is 17.2. The number of benzene rings is 1. The van der Waals surface area contributed by atoms with Crippen molar-refractivity contribution in [1.82, 2.24) is 24.5 Å². The molecule has 31 heavy (non-hydrogen) atoms. The summed E-state index contributed by atoms with van der Waals surface area (Å²) in [6.45, 7) is 1.93. The Labute approximate surface area is 177 Å². The highest BCUT2D eigenvalue weighted by molar-refractivity contribution is 5.92. The smallest absolute Gasteiger partial charge is 0.150 e. The van der Waals surface area contributed by atoms with E-state index in [1.807, 2.05) is 19.1 Å². The van der Waals surface area contributed by atoms with E-state index in [1.54, 1.807) is 24.4 Å². The monoisotopic (exact) mass is 414 g/mol. The third-order valence-corrected chi connectivity index (χ3v) is 5.39. The van der Waals surface area contributed by atoms with E-state index in [0.29, 0.717) is 22.6 Å². The molecule has 0 amide bonds. The molecule has 0 radical (unpaired) electrons. The van der Waals surface area contributed by atoms with Gasteiger partial charge in [0.25, 0.3) is 0 Å². The topological polar surface area (TPSA) is 118 Å². The predicted molar refractivity (Wildman–Crippen MR) is 114 cm³/mol. The summed E-state index contributed by atoms with van der Waals surface area (Å²) in [6.07, 6.45) is 4.95. The molecule has 1 aliphatic carbocycles. The van der Waals surface area contributed by atoms with E-state index in [4.69, 9.17) is 10.7 Å². The molecule has 0 spiro atoms. The van der Waals surface area contributed by atoms with Crippen LogP contribution in [0.25, 0.3) is 22.3 Å². The fourth-order valence-corrected chi connectivity index (χ4v) is 3.83. The van der Waals surface area contributed by atoms with E-state index in [9.17, 15) is 5.26 Å². The molecule has 1 aromatic carbocycles. The quantitative estimate of drug-likeness (QED) is 0.507. The van der Waals surface area contributed by atoms with Crippen LogP contribution in [-0.2, 0) is 0 Å². The normalized spacial score (nSPS) is 14.4. The number of anilines is 2. The van der Waals surface area contributed by atoms with Crippen LogP contribution in [-0.4, -0.2) is 24.5 Å². The zero-order valence-corrected chi connectivity index (χ0v) is 16.7. The highest BCUT2D eigenvalue weighted by Crippen LogP contribution is 2.43. The Morgan fingerprint density at radius 2 is 2.06 bits per heavy atom. The van der Waals surface area contributed by atoms with Crippen molar-refractivity contribution >= 4 is 22.7 Å². The number of hydrogen-bond donors (Lipinski definition) is 2. The number of nitrogens with two attached hydrogens (primary N) is 1. The molecule has 3 heterocycles. The summed E-state index contributed by atoms with van der Waals surface area (Å²) in [6, 6.07) is 10.5. The molecule has 1 saturated carbocycles. The zero-order chi connectivity index (χ0) is 21.5. The van der Waals surface area contributed by atoms with Crippen LogP contribution in [0.3, 0.4) is 0 Å². The number of nitrogens with one attached hydrogen (secondary N) is 1. The van der Waals surface area contributed by atoms with Crippen LogP contribution in [0.4, 0.5) is 16.0 Å². The van der Waals surface area contributed by atoms with Crippen LogP contribution in [0.2, 0.25) is 0 Å². The largest absolute Gasteiger partial charge is 0.382 e. The van der Waals surface area contributed by atoms with Gasteiger partial charge >= 0.3 is 0 Å². The van der Waals surface area contributed by atoms with Gasteiger partial charge in [-0.2, -0.15) is 5.26 Å². The molecular formula is C22H19FN8. The van der Waals surface area contributed by atoms with Gasteiger partial charge in [0, 0.05) is 12.2 Å². The third-order valence-electron chi connectivity index (χ3n) is 5.39. The number of halogens is 1.